The summed E-state index contributed by atoms with van der Waals surface area (Å²) in [6, 6.07) is 5.88. The van der Waals surface area contributed by atoms with Crippen LogP contribution in [0, 0.1) is 0 Å². The minimum Gasteiger partial charge on any atom is -0.478 e. The average molecular weight is 231 g/mol. The molecule has 0 unspecified atom stereocenters. The van der Waals surface area contributed by atoms with Gasteiger partial charge in [-0.25, -0.2) is 9.69 Å². The van der Waals surface area contributed by atoms with E-state index in [1.807, 2.05) is 0 Å². The van der Waals surface area contributed by atoms with Gasteiger partial charge in [-0.2, -0.15) is 0 Å². The van der Waals surface area contributed by atoms with Crippen molar-refractivity contribution in [3.8, 4) is 0 Å². The van der Waals surface area contributed by atoms with E-state index in [9.17, 15) is 14.4 Å². The predicted molar refractivity (Wildman–Crippen MR) is 59.7 cm³/mol. The molecule has 0 saturated carbocycles. The topological polar surface area (TPSA) is 74.7 Å². The molecular weight excluding hydrogens is 222 g/mol. The van der Waals surface area contributed by atoms with E-state index in [4.69, 9.17) is 5.11 Å². The Morgan fingerprint density at radius 2 is 1.94 bits per heavy atom. The third-order valence-corrected chi connectivity index (χ3v) is 2.49. The highest BCUT2D eigenvalue weighted by molar-refractivity contribution is 6.29. The molecule has 1 aromatic carbocycles. The number of carbonyl (C=O) groups excluding carboxylic acids is 2. The highest BCUT2D eigenvalue weighted by Crippen LogP contribution is 2.28. The summed E-state index contributed by atoms with van der Waals surface area (Å²) in [4.78, 5) is 35.2. The number of benzene rings is 1. The van der Waals surface area contributed by atoms with Crippen LogP contribution in [0.15, 0.2) is 36.4 Å². The van der Waals surface area contributed by atoms with Gasteiger partial charge in [-0.05, 0) is 12.1 Å². The maximum absolute atomic E-state index is 11.7. The second-order valence-corrected chi connectivity index (χ2v) is 3.64. The minimum absolute atomic E-state index is 0.0627. The van der Waals surface area contributed by atoms with Gasteiger partial charge in [0.2, 0.25) is 5.91 Å². The molecule has 1 aliphatic heterocycles. The molecule has 1 saturated heterocycles. The first-order valence-electron chi connectivity index (χ1n) is 4.89. The molecule has 0 radical (unpaired) electrons. The number of carboxylic acid groups (broad SMARTS) is 1. The maximum atomic E-state index is 11.7. The fourth-order valence-electron chi connectivity index (χ4n) is 1.70. The fourth-order valence-corrected chi connectivity index (χ4v) is 1.70. The Balaban J connectivity index is 2.55. The second-order valence-electron chi connectivity index (χ2n) is 3.64. The van der Waals surface area contributed by atoms with Crippen molar-refractivity contribution in [3.05, 3.63) is 42.0 Å². The highest BCUT2D eigenvalue weighted by Gasteiger charge is 2.35. The minimum atomic E-state index is -1.18. The zero-order valence-electron chi connectivity index (χ0n) is 8.84. The zero-order valence-corrected chi connectivity index (χ0v) is 8.84. The van der Waals surface area contributed by atoms with Crippen molar-refractivity contribution in [2.45, 2.75) is 6.42 Å². The summed E-state index contributed by atoms with van der Waals surface area (Å²) in [7, 11) is 0. The van der Waals surface area contributed by atoms with Crippen molar-refractivity contribution < 1.29 is 19.5 Å². The monoisotopic (exact) mass is 231 g/mol. The van der Waals surface area contributed by atoms with E-state index in [1.165, 1.54) is 18.2 Å². The molecular formula is C12H9NO4. The number of hydrogen-bond acceptors (Lipinski definition) is 3. The Kier molecular flexibility index (Phi) is 2.51. The summed E-state index contributed by atoms with van der Waals surface area (Å²) >= 11 is 0. The van der Waals surface area contributed by atoms with Crippen molar-refractivity contribution >= 4 is 23.5 Å². The first-order valence-corrected chi connectivity index (χ1v) is 4.89. The maximum Gasteiger partial charge on any atom is 0.337 e. The van der Waals surface area contributed by atoms with Gasteiger partial charge in [0.15, 0.2) is 0 Å². The number of hydrogen-bond donors (Lipinski definition) is 1. The number of imide groups is 1. The molecule has 1 fully saturated rings. The van der Waals surface area contributed by atoms with Gasteiger partial charge in [-0.15, -0.1) is 0 Å². The average Bonchev–Trinajstić information content (AvgIpc) is 2.53. The van der Waals surface area contributed by atoms with Gasteiger partial charge >= 0.3 is 5.97 Å². The summed E-state index contributed by atoms with van der Waals surface area (Å²) in [5.41, 5.74) is 0.188. The molecule has 1 aromatic rings. The number of amides is 2. The third-order valence-electron chi connectivity index (χ3n) is 2.49. The molecule has 0 aliphatic carbocycles. The number of nitrogens with zero attached hydrogens (tertiary/aromatic N) is 1. The number of aromatic carboxylic acids is 1. The van der Waals surface area contributed by atoms with Crippen molar-refractivity contribution in [2.24, 2.45) is 0 Å². The molecule has 17 heavy (non-hydrogen) atoms. The smallest absolute Gasteiger partial charge is 0.337 e. The molecule has 2 amide bonds. The van der Waals surface area contributed by atoms with Crippen LogP contribution in [0.5, 0.6) is 0 Å². The molecule has 1 heterocycles. The molecule has 86 valence electrons. The molecule has 0 atom stereocenters. The summed E-state index contributed by atoms with van der Waals surface area (Å²) in [5, 5.41) is 8.99. The zero-order chi connectivity index (χ0) is 12.6. The van der Waals surface area contributed by atoms with Crippen molar-refractivity contribution in [1.29, 1.82) is 0 Å². The molecule has 0 bridgehead atoms. The van der Waals surface area contributed by atoms with Crippen molar-refractivity contribution in [2.75, 3.05) is 4.90 Å². The summed E-state index contributed by atoms with van der Waals surface area (Å²) in [6.45, 7) is 3.48. The van der Waals surface area contributed by atoms with Gasteiger partial charge in [0, 0.05) is 5.57 Å². The first-order chi connectivity index (χ1) is 8.02. The molecule has 5 heteroatoms. The molecule has 0 aromatic heterocycles. The van der Waals surface area contributed by atoms with E-state index in [1.54, 1.807) is 6.07 Å². The van der Waals surface area contributed by atoms with Crippen LogP contribution in [0.2, 0.25) is 0 Å². The van der Waals surface area contributed by atoms with E-state index in [0.29, 0.717) is 0 Å². The number of para-hydroxylation sites is 1. The van der Waals surface area contributed by atoms with Crippen LogP contribution in [-0.4, -0.2) is 22.9 Å². The fraction of sp³-hybridized carbons (Fsp3) is 0.0833. The van der Waals surface area contributed by atoms with Crippen molar-refractivity contribution in [1.82, 2.24) is 0 Å². The van der Waals surface area contributed by atoms with Crippen LogP contribution >= 0.6 is 0 Å². The third kappa shape index (κ3) is 1.71. The van der Waals surface area contributed by atoms with Crippen LogP contribution in [0.25, 0.3) is 0 Å². The van der Waals surface area contributed by atoms with Gasteiger partial charge in [0.25, 0.3) is 5.91 Å². The van der Waals surface area contributed by atoms with Crippen LogP contribution in [-0.2, 0) is 9.59 Å². The van der Waals surface area contributed by atoms with Crippen LogP contribution in [0.4, 0.5) is 5.69 Å². The Hall–Kier alpha value is -2.43. The number of carbonyl (C=O) groups is 3. The molecule has 1 N–H and O–H groups in total. The number of anilines is 1. The van der Waals surface area contributed by atoms with Gasteiger partial charge in [-0.3, -0.25) is 9.59 Å². The molecule has 1 aliphatic rings. The van der Waals surface area contributed by atoms with Gasteiger partial charge in [-0.1, -0.05) is 18.7 Å². The van der Waals surface area contributed by atoms with Crippen LogP contribution in [0.3, 0.4) is 0 Å². The number of carboxylic acids is 1. The van der Waals surface area contributed by atoms with E-state index in [2.05, 4.69) is 6.58 Å². The van der Waals surface area contributed by atoms with Gasteiger partial charge in [0.1, 0.15) is 0 Å². The largest absolute Gasteiger partial charge is 0.478 e. The van der Waals surface area contributed by atoms with Crippen LogP contribution < -0.4 is 4.90 Å². The Labute approximate surface area is 97.0 Å². The highest BCUT2D eigenvalue weighted by atomic mass is 16.4. The van der Waals surface area contributed by atoms with Crippen molar-refractivity contribution in [3.63, 3.8) is 0 Å². The summed E-state index contributed by atoms with van der Waals surface area (Å²) in [5.74, 6) is -2.17. The van der Waals surface area contributed by atoms with E-state index in [0.717, 1.165) is 4.90 Å². The van der Waals surface area contributed by atoms with Crippen LogP contribution in [0.1, 0.15) is 16.8 Å². The van der Waals surface area contributed by atoms with E-state index in [-0.39, 0.29) is 23.2 Å². The summed E-state index contributed by atoms with van der Waals surface area (Å²) in [6.07, 6.45) is -0.0627. The molecule has 5 nitrogen and oxygen atoms in total. The normalized spacial score (nSPS) is 15.5. The number of rotatable bonds is 2. The van der Waals surface area contributed by atoms with Gasteiger partial charge < -0.3 is 5.11 Å². The van der Waals surface area contributed by atoms with Gasteiger partial charge in [0.05, 0.1) is 17.7 Å². The standard InChI is InChI=1S/C12H9NO4/c1-7-6-10(14)13(11(7)15)9-5-3-2-4-8(9)12(16)17/h2-5H,1,6H2,(H,16,17). The summed E-state index contributed by atoms with van der Waals surface area (Å²) < 4.78 is 0. The lowest BCUT2D eigenvalue weighted by molar-refractivity contribution is -0.120. The Morgan fingerprint density at radius 3 is 2.47 bits per heavy atom. The molecule has 2 rings (SSSR count). The second kappa shape index (κ2) is 3.86. The predicted octanol–water partition coefficient (Wildman–Crippen LogP) is 1.20. The van der Waals surface area contributed by atoms with E-state index < -0.39 is 17.8 Å². The molecule has 0 spiro atoms. The SMILES string of the molecule is C=C1CC(=O)N(c2ccccc2C(=O)O)C1=O. The lowest BCUT2D eigenvalue weighted by atomic mass is 10.1. The quantitative estimate of drug-likeness (QED) is 0.613. The van der Waals surface area contributed by atoms with E-state index >= 15 is 0 Å². The Morgan fingerprint density at radius 1 is 1.29 bits per heavy atom. The lowest BCUT2D eigenvalue weighted by Gasteiger charge is -2.15. The lowest BCUT2D eigenvalue weighted by Crippen LogP contribution is -2.30. The first kappa shape index (κ1) is 11.1. The Bertz CT molecular complexity index is 547.